The summed E-state index contributed by atoms with van der Waals surface area (Å²) in [5.74, 6) is 0.229. The van der Waals surface area contributed by atoms with E-state index in [2.05, 4.69) is 64.9 Å². The number of hydrogen-bond donors (Lipinski definition) is 0. The first-order valence-corrected chi connectivity index (χ1v) is 9.97. The first kappa shape index (κ1) is 18.4. The van der Waals surface area contributed by atoms with Gasteiger partial charge in [0.05, 0.1) is 12.5 Å². The van der Waals surface area contributed by atoms with Gasteiger partial charge in [0.1, 0.15) is 0 Å². The van der Waals surface area contributed by atoms with Crippen LogP contribution in [0, 0.1) is 6.92 Å². The van der Waals surface area contributed by atoms with E-state index in [1.165, 1.54) is 16.8 Å². The maximum atomic E-state index is 13.1. The highest BCUT2D eigenvalue weighted by Crippen LogP contribution is 2.24. The van der Waals surface area contributed by atoms with E-state index < -0.39 is 0 Å². The van der Waals surface area contributed by atoms with E-state index >= 15 is 0 Å². The molecule has 1 atom stereocenters. The smallest absolute Gasteiger partial charge is 0.225 e. The average Bonchev–Trinajstić information content (AvgIpc) is 3.28. The van der Waals surface area contributed by atoms with Crippen molar-refractivity contribution < 1.29 is 4.79 Å². The second kappa shape index (κ2) is 8.34. The number of anilines is 1. The van der Waals surface area contributed by atoms with Crippen LogP contribution in [0.4, 0.5) is 5.69 Å². The van der Waals surface area contributed by atoms with Gasteiger partial charge in [-0.25, -0.2) is 0 Å². The molecule has 144 valence electrons. The standard InChI is InChI=1S/C24H27N3O/c1-20-9-11-21(12-10-20)23(26-13-5-6-14-26)19-24(28)27-17-15-25(16-18-27)22-7-3-2-4-8-22/h2-14,23H,15-19H2,1H3/t23-/m0/s1. The highest BCUT2D eigenvalue weighted by atomic mass is 16.2. The molecule has 1 aliphatic rings. The van der Waals surface area contributed by atoms with Crippen molar-refractivity contribution in [1.29, 1.82) is 0 Å². The molecular weight excluding hydrogens is 346 g/mol. The average molecular weight is 374 g/mol. The Balaban J connectivity index is 1.43. The number of carbonyl (C=O) groups is 1. The van der Waals surface area contributed by atoms with Gasteiger partial charge in [0.2, 0.25) is 5.91 Å². The molecule has 28 heavy (non-hydrogen) atoms. The third-order valence-electron chi connectivity index (χ3n) is 5.57. The molecule has 1 amide bonds. The first-order valence-electron chi connectivity index (χ1n) is 9.97. The first-order chi connectivity index (χ1) is 13.7. The predicted molar refractivity (Wildman–Crippen MR) is 114 cm³/mol. The summed E-state index contributed by atoms with van der Waals surface area (Å²) in [6, 6.07) is 23.0. The van der Waals surface area contributed by atoms with E-state index in [9.17, 15) is 4.79 Å². The Kier molecular flexibility index (Phi) is 5.47. The number of aryl methyl sites for hydroxylation is 1. The molecule has 1 fully saturated rings. The number of benzene rings is 2. The van der Waals surface area contributed by atoms with Crippen LogP contribution in [0.15, 0.2) is 79.1 Å². The Morgan fingerprint density at radius 1 is 0.857 bits per heavy atom. The molecule has 0 spiro atoms. The fourth-order valence-electron chi connectivity index (χ4n) is 3.89. The van der Waals surface area contributed by atoms with Gasteiger partial charge in [-0.2, -0.15) is 0 Å². The molecule has 0 unspecified atom stereocenters. The minimum Gasteiger partial charge on any atom is -0.368 e. The minimum absolute atomic E-state index is 0.0373. The third-order valence-corrected chi connectivity index (χ3v) is 5.57. The second-order valence-electron chi connectivity index (χ2n) is 7.46. The van der Waals surface area contributed by atoms with Crippen LogP contribution >= 0.6 is 0 Å². The van der Waals surface area contributed by atoms with E-state index in [1.54, 1.807) is 0 Å². The van der Waals surface area contributed by atoms with Crippen LogP contribution in [0.25, 0.3) is 0 Å². The van der Waals surface area contributed by atoms with Gasteiger partial charge in [-0.05, 0) is 36.8 Å². The second-order valence-corrected chi connectivity index (χ2v) is 7.46. The van der Waals surface area contributed by atoms with Crippen LogP contribution in [0.1, 0.15) is 23.6 Å². The minimum atomic E-state index is 0.0373. The quantitative estimate of drug-likeness (QED) is 0.673. The van der Waals surface area contributed by atoms with Crippen molar-refractivity contribution in [3.63, 3.8) is 0 Å². The highest BCUT2D eigenvalue weighted by Gasteiger charge is 2.25. The van der Waals surface area contributed by atoms with Gasteiger partial charge in [-0.3, -0.25) is 4.79 Å². The number of para-hydroxylation sites is 1. The van der Waals surface area contributed by atoms with E-state index in [0.717, 1.165) is 26.2 Å². The van der Waals surface area contributed by atoms with Crippen molar-refractivity contribution in [1.82, 2.24) is 9.47 Å². The van der Waals surface area contributed by atoms with Crippen molar-refractivity contribution in [2.75, 3.05) is 31.1 Å². The summed E-state index contributed by atoms with van der Waals surface area (Å²) in [6.45, 7) is 5.41. The van der Waals surface area contributed by atoms with Gasteiger partial charge in [0.25, 0.3) is 0 Å². The molecule has 1 aromatic heterocycles. The molecule has 2 aromatic carbocycles. The Labute approximate surface area is 167 Å². The highest BCUT2D eigenvalue weighted by molar-refractivity contribution is 5.77. The summed E-state index contributed by atoms with van der Waals surface area (Å²) >= 11 is 0. The molecule has 4 heteroatoms. The van der Waals surface area contributed by atoms with E-state index in [4.69, 9.17) is 0 Å². The maximum absolute atomic E-state index is 13.1. The number of rotatable bonds is 5. The zero-order valence-electron chi connectivity index (χ0n) is 16.4. The van der Waals surface area contributed by atoms with Crippen LogP contribution in [-0.2, 0) is 4.79 Å². The molecule has 0 aliphatic carbocycles. The molecule has 0 radical (unpaired) electrons. The zero-order chi connectivity index (χ0) is 19.3. The molecule has 1 aliphatic heterocycles. The monoisotopic (exact) mass is 373 g/mol. The number of nitrogens with zero attached hydrogens (tertiary/aromatic N) is 3. The lowest BCUT2D eigenvalue weighted by atomic mass is 10.0. The summed E-state index contributed by atoms with van der Waals surface area (Å²) < 4.78 is 2.14. The summed E-state index contributed by atoms with van der Waals surface area (Å²) in [7, 11) is 0. The van der Waals surface area contributed by atoms with Crippen molar-refractivity contribution in [2.45, 2.75) is 19.4 Å². The Morgan fingerprint density at radius 2 is 1.50 bits per heavy atom. The topological polar surface area (TPSA) is 28.5 Å². The third kappa shape index (κ3) is 4.11. The van der Waals surface area contributed by atoms with Crippen molar-refractivity contribution >= 4 is 11.6 Å². The van der Waals surface area contributed by atoms with Gasteiger partial charge in [0.15, 0.2) is 0 Å². The summed E-state index contributed by atoms with van der Waals surface area (Å²) in [5, 5.41) is 0. The van der Waals surface area contributed by atoms with E-state index in [1.807, 2.05) is 35.5 Å². The fraction of sp³-hybridized carbons (Fsp3) is 0.292. The van der Waals surface area contributed by atoms with Crippen LogP contribution in [-0.4, -0.2) is 41.6 Å². The summed E-state index contributed by atoms with van der Waals surface area (Å²) in [4.78, 5) is 17.5. The predicted octanol–water partition coefficient (Wildman–Crippen LogP) is 4.12. The fourth-order valence-corrected chi connectivity index (χ4v) is 3.89. The Hall–Kier alpha value is -3.01. The Morgan fingerprint density at radius 3 is 2.14 bits per heavy atom. The van der Waals surface area contributed by atoms with Gasteiger partial charge in [-0.15, -0.1) is 0 Å². The van der Waals surface area contributed by atoms with Crippen LogP contribution in [0.2, 0.25) is 0 Å². The molecule has 1 saturated heterocycles. The van der Waals surface area contributed by atoms with Crippen molar-refractivity contribution in [2.24, 2.45) is 0 Å². The van der Waals surface area contributed by atoms with Gasteiger partial charge < -0.3 is 14.4 Å². The van der Waals surface area contributed by atoms with Gasteiger partial charge in [-0.1, -0.05) is 48.0 Å². The van der Waals surface area contributed by atoms with Crippen LogP contribution in [0.5, 0.6) is 0 Å². The molecule has 0 N–H and O–H groups in total. The van der Waals surface area contributed by atoms with Crippen molar-refractivity contribution in [3.8, 4) is 0 Å². The molecular formula is C24H27N3O. The van der Waals surface area contributed by atoms with E-state index in [0.29, 0.717) is 6.42 Å². The number of hydrogen-bond acceptors (Lipinski definition) is 2. The largest absolute Gasteiger partial charge is 0.368 e. The zero-order valence-corrected chi connectivity index (χ0v) is 16.4. The molecule has 2 heterocycles. The van der Waals surface area contributed by atoms with Crippen molar-refractivity contribution in [3.05, 3.63) is 90.3 Å². The molecule has 0 bridgehead atoms. The Bertz CT molecular complexity index is 879. The summed E-state index contributed by atoms with van der Waals surface area (Å²) in [5.41, 5.74) is 3.65. The summed E-state index contributed by atoms with van der Waals surface area (Å²) in [6.07, 6.45) is 4.58. The SMILES string of the molecule is Cc1ccc([C@H](CC(=O)N2CCN(c3ccccc3)CC2)n2cccc2)cc1. The van der Waals surface area contributed by atoms with Crippen LogP contribution in [0.3, 0.4) is 0 Å². The van der Waals surface area contributed by atoms with Gasteiger partial charge >= 0.3 is 0 Å². The normalized spacial score (nSPS) is 15.5. The van der Waals surface area contributed by atoms with E-state index in [-0.39, 0.29) is 11.9 Å². The molecule has 0 saturated carbocycles. The maximum Gasteiger partial charge on any atom is 0.225 e. The lowest BCUT2D eigenvalue weighted by molar-refractivity contribution is -0.132. The lowest BCUT2D eigenvalue weighted by Gasteiger charge is -2.36. The van der Waals surface area contributed by atoms with Gasteiger partial charge in [0, 0.05) is 44.3 Å². The number of amides is 1. The molecule has 4 rings (SSSR count). The molecule has 4 nitrogen and oxygen atoms in total. The molecule has 3 aromatic rings. The van der Waals surface area contributed by atoms with Crippen LogP contribution < -0.4 is 4.90 Å². The lowest BCUT2D eigenvalue weighted by Crippen LogP contribution is -2.49. The number of aromatic nitrogens is 1. The number of piperazine rings is 1. The number of carbonyl (C=O) groups excluding carboxylic acids is 1.